The van der Waals surface area contributed by atoms with Crippen LogP contribution in [0.25, 0.3) is 11.4 Å². The van der Waals surface area contributed by atoms with Gasteiger partial charge in [0.1, 0.15) is 5.01 Å². The third kappa shape index (κ3) is 4.61. The predicted molar refractivity (Wildman–Crippen MR) is 107 cm³/mol. The van der Waals surface area contributed by atoms with E-state index in [1.807, 2.05) is 35.9 Å². The molecule has 0 atom stereocenters. The van der Waals surface area contributed by atoms with Crippen molar-refractivity contribution in [2.45, 2.75) is 20.1 Å². The summed E-state index contributed by atoms with van der Waals surface area (Å²) in [6.07, 6.45) is 0. The van der Waals surface area contributed by atoms with Crippen LogP contribution in [0.2, 0.25) is 5.02 Å². The monoisotopic (exact) mass is 422 g/mol. The fourth-order valence-corrected chi connectivity index (χ4v) is 4.19. The highest BCUT2D eigenvalue weighted by Crippen LogP contribution is 2.19. The highest BCUT2D eigenvalue weighted by molar-refractivity contribution is 7.73. The van der Waals surface area contributed by atoms with Crippen LogP contribution in [0.3, 0.4) is 0 Å². The minimum Gasteiger partial charge on any atom is -0.338 e. The van der Waals surface area contributed by atoms with Gasteiger partial charge >= 0.3 is 0 Å². The van der Waals surface area contributed by atoms with E-state index in [0.717, 1.165) is 47.4 Å². The zero-order chi connectivity index (χ0) is 18.8. The largest absolute Gasteiger partial charge is 0.338 e. The van der Waals surface area contributed by atoms with Crippen molar-refractivity contribution in [1.29, 1.82) is 0 Å². The van der Waals surface area contributed by atoms with Gasteiger partial charge in [-0.15, -0.1) is 0 Å². The van der Waals surface area contributed by atoms with Crippen molar-refractivity contribution < 1.29 is 4.52 Å². The molecule has 7 nitrogen and oxygen atoms in total. The third-order valence-corrected chi connectivity index (χ3v) is 5.91. The Kier molecular flexibility index (Phi) is 5.65. The second-order valence-corrected chi connectivity index (χ2v) is 8.70. The molecule has 3 aromatic rings. The van der Waals surface area contributed by atoms with Crippen molar-refractivity contribution in [3.8, 4) is 11.4 Å². The summed E-state index contributed by atoms with van der Waals surface area (Å²) in [4.78, 5) is 9.18. The van der Waals surface area contributed by atoms with Gasteiger partial charge < -0.3 is 4.52 Å². The molecule has 10 heteroatoms. The smallest absolute Gasteiger partial charge is 0.241 e. The van der Waals surface area contributed by atoms with Gasteiger partial charge in [-0.05, 0) is 43.4 Å². The van der Waals surface area contributed by atoms with Gasteiger partial charge in [-0.3, -0.25) is 9.80 Å². The van der Waals surface area contributed by atoms with Crippen molar-refractivity contribution in [3.63, 3.8) is 0 Å². The van der Waals surface area contributed by atoms with Gasteiger partial charge in [-0.25, -0.2) is 4.68 Å². The summed E-state index contributed by atoms with van der Waals surface area (Å²) in [5, 5.41) is 10.2. The first-order valence-corrected chi connectivity index (χ1v) is 10.2. The quantitative estimate of drug-likeness (QED) is 0.583. The highest BCUT2D eigenvalue weighted by Gasteiger charge is 2.20. The van der Waals surface area contributed by atoms with E-state index in [1.54, 1.807) is 11.3 Å². The second kappa shape index (κ2) is 8.15. The van der Waals surface area contributed by atoms with Crippen LogP contribution in [0.5, 0.6) is 0 Å². The molecule has 0 N–H and O–H groups in total. The van der Waals surface area contributed by atoms with E-state index in [0.29, 0.717) is 23.3 Å². The van der Waals surface area contributed by atoms with E-state index in [2.05, 4.69) is 25.0 Å². The fraction of sp³-hybridized carbons (Fsp3) is 0.412. The summed E-state index contributed by atoms with van der Waals surface area (Å²) >= 11 is 12.8. The lowest BCUT2D eigenvalue weighted by Gasteiger charge is -2.33. The van der Waals surface area contributed by atoms with Crippen LogP contribution in [0.15, 0.2) is 28.8 Å². The first kappa shape index (κ1) is 18.7. The summed E-state index contributed by atoms with van der Waals surface area (Å²) < 4.78 is 8.15. The molecule has 2 aromatic heterocycles. The number of rotatable bonds is 5. The maximum atomic E-state index is 5.92. The predicted octanol–water partition coefficient (Wildman–Crippen LogP) is 3.46. The van der Waals surface area contributed by atoms with Gasteiger partial charge in [0.25, 0.3) is 0 Å². The van der Waals surface area contributed by atoms with Crippen LogP contribution in [-0.4, -0.2) is 55.9 Å². The Labute approximate surface area is 171 Å². The van der Waals surface area contributed by atoms with Crippen LogP contribution in [0.1, 0.15) is 10.9 Å². The fourth-order valence-electron chi connectivity index (χ4n) is 3.00. The number of piperazine rings is 1. The molecule has 1 aromatic carbocycles. The molecule has 0 amide bonds. The molecule has 1 aliphatic heterocycles. The molecule has 3 heterocycles. The van der Waals surface area contributed by atoms with Crippen LogP contribution < -0.4 is 0 Å². The van der Waals surface area contributed by atoms with Crippen LogP contribution >= 0.6 is 35.2 Å². The van der Waals surface area contributed by atoms with E-state index in [1.165, 1.54) is 0 Å². The van der Waals surface area contributed by atoms with Crippen molar-refractivity contribution in [3.05, 3.63) is 44.1 Å². The van der Waals surface area contributed by atoms with E-state index in [4.69, 9.17) is 28.3 Å². The minimum absolute atomic E-state index is 0.591. The third-order valence-electron chi connectivity index (χ3n) is 4.44. The molecule has 1 saturated heterocycles. The molecule has 0 radical (unpaired) electrons. The summed E-state index contributed by atoms with van der Waals surface area (Å²) in [6, 6.07) is 7.42. The number of aryl methyl sites for hydroxylation is 1. The molecule has 0 unspecified atom stereocenters. The lowest BCUT2D eigenvalue weighted by molar-refractivity contribution is 0.0910. The van der Waals surface area contributed by atoms with Crippen LogP contribution in [0, 0.1) is 10.9 Å². The normalized spacial score (nSPS) is 16.1. The molecule has 1 fully saturated rings. The van der Waals surface area contributed by atoms with Crippen molar-refractivity contribution >= 4 is 35.2 Å². The zero-order valence-corrected chi connectivity index (χ0v) is 17.2. The Morgan fingerprint density at radius 1 is 1.15 bits per heavy atom. The molecule has 0 bridgehead atoms. The van der Waals surface area contributed by atoms with Crippen molar-refractivity contribution in [2.24, 2.45) is 0 Å². The zero-order valence-electron chi connectivity index (χ0n) is 14.8. The maximum absolute atomic E-state index is 5.92. The first-order valence-electron chi connectivity index (χ1n) is 8.64. The molecule has 0 spiro atoms. The van der Waals surface area contributed by atoms with Gasteiger partial charge in [0.15, 0.2) is 3.95 Å². The van der Waals surface area contributed by atoms with Gasteiger partial charge in [-0.1, -0.05) is 28.1 Å². The molecule has 1 aliphatic rings. The SMILES string of the molecule is Cc1nn(CN2CCN(Cc3nc(-c4ccc(Cl)cc4)no3)CC2)c(=S)s1. The number of aromatic nitrogens is 4. The minimum atomic E-state index is 0.591. The highest BCUT2D eigenvalue weighted by atomic mass is 35.5. The van der Waals surface area contributed by atoms with Gasteiger partial charge in [0.05, 0.1) is 13.2 Å². The van der Waals surface area contributed by atoms with Crippen molar-refractivity contribution in [2.75, 3.05) is 26.2 Å². The number of hydrogen-bond donors (Lipinski definition) is 0. The second-order valence-electron chi connectivity index (χ2n) is 6.44. The lowest BCUT2D eigenvalue weighted by Crippen LogP contribution is -2.46. The molecule has 0 aliphatic carbocycles. The molecule has 4 rings (SSSR count). The molecule has 142 valence electrons. The topological polar surface area (TPSA) is 63.2 Å². The Morgan fingerprint density at radius 3 is 2.52 bits per heavy atom. The number of benzene rings is 1. The lowest BCUT2D eigenvalue weighted by atomic mass is 10.2. The number of hydrogen-bond acceptors (Lipinski definition) is 8. The number of nitrogens with zero attached hydrogens (tertiary/aromatic N) is 6. The first-order chi connectivity index (χ1) is 13.1. The molecular weight excluding hydrogens is 404 g/mol. The van der Waals surface area contributed by atoms with Gasteiger partial charge in [0, 0.05) is 36.8 Å². The maximum Gasteiger partial charge on any atom is 0.241 e. The standard InChI is InChI=1S/C17H19ClN6OS2/c1-12-20-24(17(26)27-12)11-23-8-6-22(7-9-23)10-15-19-16(21-25-15)13-2-4-14(18)5-3-13/h2-5H,6-11H2,1H3. The molecule has 0 saturated carbocycles. The Morgan fingerprint density at radius 2 is 1.85 bits per heavy atom. The van der Waals surface area contributed by atoms with E-state index < -0.39 is 0 Å². The van der Waals surface area contributed by atoms with E-state index in [-0.39, 0.29) is 0 Å². The Bertz CT molecular complexity index is 958. The van der Waals surface area contributed by atoms with Crippen molar-refractivity contribution in [1.82, 2.24) is 29.7 Å². The van der Waals surface area contributed by atoms with Gasteiger partial charge in [-0.2, -0.15) is 10.1 Å². The average Bonchev–Trinajstić information content (AvgIpc) is 3.24. The Hall–Kier alpha value is -1.65. The number of halogens is 1. The summed E-state index contributed by atoms with van der Waals surface area (Å²) in [7, 11) is 0. The summed E-state index contributed by atoms with van der Waals surface area (Å²) in [6.45, 7) is 7.18. The summed E-state index contributed by atoms with van der Waals surface area (Å²) in [5.41, 5.74) is 0.898. The van der Waals surface area contributed by atoms with Crippen LogP contribution in [-0.2, 0) is 13.2 Å². The van der Waals surface area contributed by atoms with E-state index >= 15 is 0 Å². The summed E-state index contributed by atoms with van der Waals surface area (Å²) in [5.74, 6) is 1.22. The average molecular weight is 423 g/mol. The molecule has 27 heavy (non-hydrogen) atoms. The van der Waals surface area contributed by atoms with Gasteiger partial charge in [0.2, 0.25) is 11.7 Å². The van der Waals surface area contributed by atoms with E-state index in [9.17, 15) is 0 Å². The Balaban J connectivity index is 1.31. The van der Waals surface area contributed by atoms with Crippen LogP contribution in [0.4, 0.5) is 0 Å². The molecular formula is C17H19ClN6OS2.